The van der Waals surface area contributed by atoms with Crippen LogP contribution in [0, 0.1) is 0 Å². The Bertz CT molecular complexity index is 851. The quantitative estimate of drug-likeness (QED) is 0.693. The first-order chi connectivity index (χ1) is 11.6. The number of pyridine rings is 1. The van der Waals surface area contributed by atoms with Crippen LogP contribution in [0.2, 0.25) is 10.0 Å². The third-order valence-corrected chi connectivity index (χ3v) is 3.95. The summed E-state index contributed by atoms with van der Waals surface area (Å²) in [7, 11) is 0. The maximum absolute atomic E-state index is 12.2. The van der Waals surface area contributed by atoms with Gasteiger partial charge in [-0.2, -0.15) is 0 Å². The SMILES string of the molecule is O=C(NCc1ccco1)c1cncc(Nc2ccc(Cl)c(Cl)c2)c1. The number of carbonyl (C=O) groups excluding carboxylic acids is 1. The summed E-state index contributed by atoms with van der Waals surface area (Å²) in [5, 5.41) is 6.83. The van der Waals surface area contributed by atoms with Gasteiger partial charge in [0.25, 0.3) is 5.91 Å². The van der Waals surface area contributed by atoms with Gasteiger partial charge in [-0.3, -0.25) is 9.78 Å². The molecule has 0 aliphatic rings. The van der Waals surface area contributed by atoms with Gasteiger partial charge in [0.1, 0.15) is 5.76 Å². The fraction of sp³-hybridized carbons (Fsp3) is 0.0588. The van der Waals surface area contributed by atoms with Crippen molar-refractivity contribution < 1.29 is 9.21 Å². The van der Waals surface area contributed by atoms with Crippen molar-refractivity contribution in [2.45, 2.75) is 6.54 Å². The molecule has 24 heavy (non-hydrogen) atoms. The van der Waals surface area contributed by atoms with Crippen LogP contribution in [0.15, 0.2) is 59.5 Å². The lowest BCUT2D eigenvalue weighted by Gasteiger charge is -2.09. The van der Waals surface area contributed by atoms with Crippen molar-refractivity contribution in [3.8, 4) is 0 Å². The van der Waals surface area contributed by atoms with Crippen molar-refractivity contribution in [1.29, 1.82) is 0 Å². The van der Waals surface area contributed by atoms with E-state index in [1.807, 2.05) is 0 Å². The van der Waals surface area contributed by atoms with E-state index in [0.717, 1.165) is 5.69 Å². The van der Waals surface area contributed by atoms with Crippen LogP contribution in [0.5, 0.6) is 0 Å². The topological polar surface area (TPSA) is 67.2 Å². The highest BCUT2D eigenvalue weighted by atomic mass is 35.5. The Morgan fingerprint density at radius 2 is 1.96 bits per heavy atom. The Labute approximate surface area is 148 Å². The summed E-state index contributed by atoms with van der Waals surface area (Å²) in [6.07, 6.45) is 4.67. The summed E-state index contributed by atoms with van der Waals surface area (Å²) < 4.78 is 5.18. The van der Waals surface area contributed by atoms with Crippen molar-refractivity contribution in [1.82, 2.24) is 10.3 Å². The zero-order chi connectivity index (χ0) is 16.9. The maximum Gasteiger partial charge on any atom is 0.253 e. The number of anilines is 2. The fourth-order valence-corrected chi connectivity index (χ4v) is 2.35. The van der Waals surface area contributed by atoms with E-state index in [2.05, 4.69) is 15.6 Å². The van der Waals surface area contributed by atoms with Gasteiger partial charge in [0.15, 0.2) is 0 Å². The van der Waals surface area contributed by atoms with Gasteiger partial charge in [-0.1, -0.05) is 23.2 Å². The third kappa shape index (κ3) is 4.07. The van der Waals surface area contributed by atoms with E-state index in [4.69, 9.17) is 27.6 Å². The van der Waals surface area contributed by atoms with Crippen LogP contribution in [0.4, 0.5) is 11.4 Å². The van der Waals surface area contributed by atoms with E-state index in [1.54, 1.807) is 48.9 Å². The number of nitrogens with zero attached hydrogens (tertiary/aromatic N) is 1. The van der Waals surface area contributed by atoms with E-state index >= 15 is 0 Å². The molecule has 0 aliphatic carbocycles. The molecule has 2 aromatic heterocycles. The van der Waals surface area contributed by atoms with Gasteiger partial charge in [-0.25, -0.2) is 0 Å². The van der Waals surface area contributed by atoms with Gasteiger partial charge in [0.2, 0.25) is 0 Å². The van der Waals surface area contributed by atoms with Crippen molar-refractivity contribution >= 4 is 40.5 Å². The van der Waals surface area contributed by atoms with Gasteiger partial charge >= 0.3 is 0 Å². The highest BCUT2D eigenvalue weighted by Gasteiger charge is 2.08. The molecule has 1 aromatic carbocycles. The summed E-state index contributed by atoms with van der Waals surface area (Å²) in [4.78, 5) is 16.3. The van der Waals surface area contributed by atoms with Gasteiger partial charge in [-0.05, 0) is 36.4 Å². The Morgan fingerprint density at radius 3 is 2.71 bits per heavy atom. The minimum atomic E-state index is -0.239. The number of hydrogen-bond donors (Lipinski definition) is 2. The average molecular weight is 362 g/mol. The molecule has 0 saturated heterocycles. The molecule has 1 amide bonds. The zero-order valence-electron chi connectivity index (χ0n) is 12.4. The Kier molecular flexibility index (Phi) is 5.03. The van der Waals surface area contributed by atoms with Crippen LogP contribution >= 0.6 is 23.2 Å². The number of aromatic nitrogens is 1. The number of amides is 1. The first kappa shape index (κ1) is 16.4. The number of rotatable bonds is 5. The lowest BCUT2D eigenvalue weighted by Crippen LogP contribution is -2.22. The smallest absolute Gasteiger partial charge is 0.253 e. The lowest BCUT2D eigenvalue weighted by atomic mass is 10.2. The molecule has 0 aliphatic heterocycles. The number of carbonyl (C=O) groups is 1. The normalized spacial score (nSPS) is 10.4. The van der Waals surface area contributed by atoms with Gasteiger partial charge in [0, 0.05) is 11.9 Å². The van der Waals surface area contributed by atoms with Crippen molar-refractivity contribution in [3.63, 3.8) is 0 Å². The third-order valence-electron chi connectivity index (χ3n) is 3.21. The van der Waals surface area contributed by atoms with E-state index in [1.165, 1.54) is 6.20 Å². The van der Waals surface area contributed by atoms with E-state index in [-0.39, 0.29) is 5.91 Å². The minimum absolute atomic E-state index is 0.239. The minimum Gasteiger partial charge on any atom is -0.467 e. The molecule has 0 saturated carbocycles. The van der Waals surface area contributed by atoms with Gasteiger partial charge in [-0.15, -0.1) is 0 Å². The van der Waals surface area contributed by atoms with E-state index in [0.29, 0.717) is 33.6 Å². The summed E-state index contributed by atoms with van der Waals surface area (Å²) in [6.45, 7) is 0.316. The molecular formula is C17H13Cl2N3O2. The van der Waals surface area contributed by atoms with Crippen LogP contribution in [-0.2, 0) is 6.54 Å². The van der Waals surface area contributed by atoms with Crippen molar-refractivity contribution in [3.05, 3.63) is 76.4 Å². The molecule has 2 heterocycles. The molecule has 2 N–H and O–H groups in total. The molecule has 122 valence electrons. The zero-order valence-corrected chi connectivity index (χ0v) is 13.9. The maximum atomic E-state index is 12.2. The predicted octanol–water partition coefficient (Wildman–Crippen LogP) is 4.66. The summed E-state index contributed by atoms with van der Waals surface area (Å²) in [5.74, 6) is 0.443. The first-order valence-electron chi connectivity index (χ1n) is 7.09. The first-order valence-corrected chi connectivity index (χ1v) is 7.85. The molecule has 0 bridgehead atoms. The number of nitrogens with one attached hydrogen (secondary N) is 2. The monoisotopic (exact) mass is 361 g/mol. The van der Waals surface area contributed by atoms with Crippen LogP contribution in [-0.4, -0.2) is 10.9 Å². The van der Waals surface area contributed by atoms with Crippen LogP contribution < -0.4 is 10.6 Å². The Hall–Kier alpha value is -2.50. The molecule has 3 rings (SSSR count). The number of furan rings is 1. The molecule has 0 unspecified atom stereocenters. The highest BCUT2D eigenvalue weighted by Crippen LogP contribution is 2.26. The van der Waals surface area contributed by atoms with E-state index < -0.39 is 0 Å². The molecule has 5 nitrogen and oxygen atoms in total. The molecule has 0 fully saturated rings. The molecule has 0 atom stereocenters. The second kappa shape index (κ2) is 7.38. The van der Waals surface area contributed by atoms with Crippen LogP contribution in [0.1, 0.15) is 16.1 Å². The van der Waals surface area contributed by atoms with Gasteiger partial charge < -0.3 is 15.1 Å². The molecule has 3 aromatic rings. The highest BCUT2D eigenvalue weighted by molar-refractivity contribution is 6.42. The largest absolute Gasteiger partial charge is 0.467 e. The standard InChI is InChI=1S/C17H13Cl2N3O2/c18-15-4-3-12(7-16(15)19)22-13-6-11(8-20-9-13)17(23)21-10-14-2-1-5-24-14/h1-9,22H,10H2,(H,21,23). The number of halogens is 2. The summed E-state index contributed by atoms with van der Waals surface area (Å²) in [6, 6.07) is 10.4. The predicted molar refractivity (Wildman–Crippen MR) is 93.9 cm³/mol. The van der Waals surface area contributed by atoms with Crippen molar-refractivity contribution in [2.75, 3.05) is 5.32 Å². The number of hydrogen-bond acceptors (Lipinski definition) is 4. The Morgan fingerprint density at radius 1 is 1.08 bits per heavy atom. The molecule has 7 heteroatoms. The fourth-order valence-electron chi connectivity index (χ4n) is 2.06. The average Bonchev–Trinajstić information content (AvgIpc) is 3.10. The number of benzene rings is 1. The van der Waals surface area contributed by atoms with Crippen LogP contribution in [0.3, 0.4) is 0 Å². The Balaban J connectivity index is 1.68. The van der Waals surface area contributed by atoms with Crippen molar-refractivity contribution in [2.24, 2.45) is 0 Å². The summed E-state index contributed by atoms with van der Waals surface area (Å²) in [5.41, 5.74) is 1.85. The molecular weight excluding hydrogens is 349 g/mol. The molecule has 0 spiro atoms. The second-order valence-electron chi connectivity index (χ2n) is 4.98. The van der Waals surface area contributed by atoms with Gasteiger partial charge in [0.05, 0.1) is 40.3 Å². The molecule has 0 radical (unpaired) electrons. The summed E-state index contributed by atoms with van der Waals surface area (Å²) >= 11 is 11.9. The second-order valence-corrected chi connectivity index (χ2v) is 5.79. The van der Waals surface area contributed by atoms with E-state index in [9.17, 15) is 4.79 Å². The lowest BCUT2D eigenvalue weighted by molar-refractivity contribution is 0.0947. The van der Waals surface area contributed by atoms with Crippen LogP contribution in [0.25, 0.3) is 0 Å².